The van der Waals surface area contributed by atoms with E-state index in [0.29, 0.717) is 5.92 Å². The lowest BCUT2D eigenvalue weighted by molar-refractivity contribution is -0.139. The minimum Gasteiger partial charge on any atom is -0.481 e. The minimum absolute atomic E-state index is 0.0293. The Morgan fingerprint density at radius 1 is 1.14 bits per heavy atom. The summed E-state index contributed by atoms with van der Waals surface area (Å²) in [5.74, 6) is -0.171. The van der Waals surface area contributed by atoms with Crippen molar-refractivity contribution >= 4 is 12.0 Å². The second kappa shape index (κ2) is 7.14. The van der Waals surface area contributed by atoms with Gasteiger partial charge >= 0.3 is 12.0 Å². The largest absolute Gasteiger partial charge is 0.481 e. The highest BCUT2D eigenvalue weighted by molar-refractivity contribution is 5.77. The van der Waals surface area contributed by atoms with Gasteiger partial charge in [-0.3, -0.25) is 4.79 Å². The SMILES string of the molecule is CC1CCCC(NC(=O)NC2(CC(=O)O)CCCCC2)C1. The van der Waals surface area contributed by atoms with Gasteiger partial charge in [-0.2, -0.15) is 0 Å². The van der Waals surface area contributed by atoms with Gasteiger partial charge in [-0.1, -0.05) is 39.0 Å². The average Bonchev–Trinajstić information content (AvgIpc) is 2.38. The Kier molecular flexibility index (Phi) is 5.48. The molecule has 2 fully saturated rings. The zero-order chi connectivity index (χ0) is 15.3. The van der Waals surface area contributed by atoms with Crippen LogP contribution >= 0.6 is 0 Å². The lowest BCUT2D eigenvalue weighted by Gasteiger charge is -2.38. The Hall–Kier alpha value is -1.26. The van der Waals surface area contributed by atoms with Crippen LogP contribution in [0.25, 0.3) is 0 Å². The molecule has 0 spiro atoms. The maximum atomic E-state index is 12.3. The van der Waals surface area contributed by atoms with E-state index in [0.717, 1.165) is 51.4 Å². The molecule has 2 unspecified atom stereocenters. The van der Waals surface area contributed by atoms with Gasteiger partial charge in [0.2, 0.25) is 0 Å². The van der Waals surface area contributed by atoms with Crippen molar-refractivity contribution in [3.63, 3.8) is 0 Å². The van der Waals surface area contributed by atoms with Crippen molar-refractivity contribution in [3.05, 3.63) is 0 Å². The monoisotopic (exact) mass is 296 g/mol. The van der Waals surface area contributed by atoms with Crippen molar-refractivity contribution < 1.29 is 14.7 Å². The maximum Gasteiger partial charge on any atom is 0.315 e. The number of amides is 2. The van der Waals surface area contributed by atoms with Crippen molar-refractivity contribution in [2.45, 2.75) is 82.7 Å². The van der Waals surface area contributed by atoms with Crippen LogP contribution in [0.4, 0.5) is 4.79 Å². The topological polar surface area (TPSA) is 78.4 Å². The first-order valence-electron chi connectivity index (χ1n) is 8.30. The second-order valence-corrected chi connectivity index (χ2v) is 6.98. The van der Waals surface area contributed by atoms with E-state index in [1.807, 2.05) is 0 Å². The third-order valence-electron chi connectivity index (χ3n) is 4.95. The molecule has 5 heteroatoms. The Labute approximate surface area is 126 Å². The number of carbonyl (C=O) groups excluding carboxylic acids is 1. The number of hydrogen-bond donors (Lipinski definition) is 3. The fourth-order valence-corrected chi connectivity index (χ4v) is 3.89. The van der Waals surface area contributed by atoms with E-state index in [4.69, 9.17) is 5.11 Å². The van der Waals surface area contributed by atoms with Crippen LogP contribution in [0.15, 0.2) is 0 Å². The van der Waals surface area contributed by atoms with Gasteiger partial charge in [0.25, 0.3) is 0 Å². The number of aliphatic carboxylic acids is 1. The first-order chi connectivity index (χ1) is 9.99. The van der Waals surface area contributed by atoms with E-state index < -0.39 is 11.5 Å². The third-order valence-corrected chi connectivity index (χ3v) is 4.95. The van der Waals surface area contributed by atoms with E-state index >= 15 is 0 Å². The average molecular weight is 296 g/mol. The molecule has 2 amide bonds. The normalized spacial score (nSPS) is 28.6. The summed E-state index contributed by atoms with van der Waals surface area (Å²) >= 11 is 0. The summed E-state index contributed by atoms with van der Waals surface area (Å²) in [6.07, 6.45) is 9.15. The van der Waals surface area contributed by atoms with Crippen LogP contribution in [-0.2, 0) is 4.79 Å². The highest BCUT2D eigenvalue weighted by Gasteiger charge is 2.36. The molecule has 3 N–H and O–H groups in total. The van der Waals surface area contributed by atoms with E-state index in [1.165, 1.54) is 6.42 Å². The van der Waals surface area contributed by atoms with E-state index in [2.05, 4.69) is 17.6 Å². The molecule has 21 heavy (non-hydrogen) atoms. The second-order valence-electron chi connectivity index (χ2n) is 6.98. The number of carboxylic acid groups (broad SMARTS) is 1. The fourth-order valence-electron chi connectivity index (χ4n) is 3.89. The molecule has 0 aromatic carbocycles. The van der Waals surface area contributed by atoms with E-state index in [9.17, 15) is 9.59 Å². The molecule has 0 heterocycles. The van der Waals surface area contributed by atoms with Crippen LogP contribution in [-0.4, -0.2) is 28.7 Å². The molecule has 5 nitrogen and oxygen atoms in total. The van der Waals surface area contributed by atoms with Gasteiger partial charge in [0.05, 0.1) is 12.0 Å². The Bertz CT molecular complexity index is 378. The number of urea groups is 1. The molecule has 0 aliphatic heterocycles. The summed E-state index contributed by atoms with van der Waals surface area (Å²) in [4.78, 5) is 23.4. The summed E-state index contributed by atoms with van der Waals surface area (Å²) in [6, 6.07) is 0.0523. The number of carboxylic acids is 1. The summed E-state index contributed by atoms with van der Waals surface area (Å²) in [6.45, 7) is 2.22. The van der Waals surface area contributed by atoms with Crippen LogP contribution in [0.3, 0.4) is 0 Å². The fraction of sp³-hybridized carbons (Fsp3) is 0.875. The number of nitrogens with one attached hydrogen (secondary N) is 2. The van der Waals surface area contributed by atoms with Crippen molar-refractivity contribution in [1.29, 1.82) is 0 Å². The van der Waals surface area contributed by atoms with Gasteiger partial charge < -0.3 is 15.7 Å². The van der Waals surface area contributed by atoms with Gasteiger partial charge in [0, 0.05) is 6.04 Å². The van der Waals surface area contributed by atoms with Gasteiger partial charge in [0.1, 0.15) is 0 Å². The van der Waals surface area contributed by atoms with Gasteiger partial charge in [-0.05, 0) is 31.6 Å². The van der Waals surface area contributed by atoms with Crippen molar-refractivity contribution in [2.75, 3.05) is 0 Å². The molecule has 120 valence electrons. The summed E-state index contributed by atoms with van der Waals surface area (Å²) in [5.41, 5.74) is -0.547. The van der Waals surface area contributed by atoms with Crippen molar-refractivity contribution in [3.8, 4) is 0 Å². The standard InChI is InChI=1S/C16H28N2O3/c1-12-6-5-7-13(10-12)17-15(21)18-16(11-14(19)20)8-3-2-4-9-16/h12-13H,2-11H2,1H3,(H,19,20)(H2,17,18,21). The van der Waals surface area contributed by atoms with Crippen LogP contribution < -0.4 is 10.6 Å². The zero-order valence-electron chi connectivity index (χ0n) is 13.0. The lowest BCUT2D eigenvalue weighted by atomic mass is 9.79. The summed E-state index contributed by atoms with van der Waals surface area (Å²) < 4.78 is 0. The molecular formula is C16H28N2O3. The van der Waals surface area contributed by atoms with Gasteiger partial charge in [0.15, 0.2) is 0 Å². The molecule has 2 aliphatic rings. The molecule has 0 radical (unpaired) electrons. The van der Waals surface area contributed by atoms with Crippen LogP contribution in [0, 0.1) is 5.92 Å². The van der Waals surface area contributed by atoms with Crippen LogP contribution in [0.5, 0.6) is 0 Å². The first-order valence-corrected chi connectivity index (χ1v) is 8.30. The third kappa shape index (κ3) is 4.90. The molecule has 0 aromatic rings. The number of hydrogen-bond acceptors (Lipinski definition) is 2. The molecule has 2 saturated carbocycles. The van der Waals surface area contributed by atoms with Crippen LogP contribution in [0.1, 0.15) is 71.1 Å². The molecule has 2 aliphatic carbocycles. The highest BCUT2D eigenvalue weighted by Crippen LogP contribution is 2.31. The molecule has 2 atom stereocenters. The quantitative estimate of drug-likeness (QED) is 0.746. The molecule has 0 bridgehead atoms. The van der Waals surface area contributed by atoms with E-state index in [-0.39, 0.29) is 18.5 Å². The Morgan fingerprint density at radius 3 is 2.48 bits per heavy atom. The predicted molar refractivity (Wildman–Crippen MR) is 81.2 cm³/mol. The van der Waals surface area contributed by atoms with Crippen LogP contribution in [0.2, 0.25) is 0 Å². The minimum atomic E-state index is -0.830. The smallest absolute Gasteiger partial charge is 0.315 e. The van der Waals surface area contributed by atoms with Crippen molar-refractivity contribution in [1.82, 2.24) is 10.6 Å². The predicted octanol–water partition coefficient (Wildman–Crippen LogP) is 3.04. The highest BCUT2D eigenvalue weighted by atomic mass is 16.4. The lowest BCUT2D eigenvalue weighted by Crippen LogP contribution is -2.56. The summed E-state index contributed by atoms with van der Waals surface area (Å²) in [5, 5.41) is 15.2. The molecule has 0 saturated heterocycles. The van der Waals surface area contributed by atoms with Gasteiger partial charge in [-0.15, -0.1) is 0 Å². The Morgan fingerprint density at radius 2 is 1.86 bits per heavy atom. The molecule has 0 aromatic heterocycles. The number of carbonyl (C=O) groups is 2. The molecular weight excluding hydrogens is 268 g/mol. The van der Waals surface area contributed by atoms with Gasteiger partial charge in [-0.25, -0.2) is 4.79 Å². The maximum absolute atomic E-state index is 12.3. The number of rotatable bonds is 4. The van der Waals surface area contributed by atoms with E-state index in [1.54, 1.807) is 0 Å². The summed E-state index contributed by atoms with van der Waals surface area (Å²) in [7, 11) is 0. The van der Waals surface area contributed by atoms with Crippen molar-refractivity contribution in [2.24, 2.45) is 5.92 Å². The molecule has 2 rings (SSSR count). The first kappa shape index (κ1) is 16.1. The Balaban J connectivity index is 1.89. The zero-order valence-corrected chi connectivity index (χ0v) is 13.0.